The summed E-state index contributed by atoms with van der Waals surface area (Å²) in [6.07, 6.45) is 4.77. The average molecular weight is 201 g/mol. The second kappa shape index (κ2) is 6.40. The van der Waals surface area contributed by atoms with Crippen LogP contribution in [0.2, 0.25) is 0 Å². The van der Waals surface area contributed by atoms with Crippen LogP contribution in [0.25, 0.3) is 0 Å². The van der Waals surface area contributed by atoms with E-state index in [1.807, 2.05) is 0 Å². The van der Waals surface area contributed by atoms with Crippen LogP contribution in [-0.2, 0) is 9.31 Å². The summed E-state index contributed by atoms with van der Waals surface area (Å²) in [6, 6.07) is 0. The minimum absolute atomic E-state index is 0.136. The molecule has 1 fully saturated rings. The van der Waals surface area contributed by atoms with E-state index in [1.165, 1.54) is 19.3 Å². The third-order valence-corrected chi connectivity index (χ3v) is 2.70. The van der Waals surface area contributed by atoms with E-state index < -0.39 is 7.32 Å². The van der Waals surface area contributed by atoms with Gasteiger partial charge in [0.15, 0.2) is 0 Å². The van der Waals surface area contributed by atoms with Gasteiger partial charge in [-0.05, 0) is 18.8 Å². The second-order valence-corrected chi connectivity index (χ2v) is 3.90. The van der Waals surface area contributed by atoms with Gasteiger partial charge in [-0.25, -0.2) is 0 Å². The average Bonchev–Trinajstić information content (AvgIpc) is 2.18. The fraction of sp³-hybridized carbons (Fsp3) is 1.00. The third-order valence-electron chi connectivity index (χ3n) is 2.70. The summed E-state index contributed by atoms with van der Waals surface area (Å²) in [5, 5.41) is 9.35. The SMILES string of the molecule is CC1CCCCC1OB(O)OCCN. The summed E-state index contributed by atoms with van der Waals surface area (Å²) in [4.78, 5) is 0. The van der Waals surface area contributed by atoms with Crippen LogP contribution in [0.15, 0.2) is 0 Å². The lowest BCUT2D eigenvalue weighted by molar-refractivity contribution is 0.0369. The predicted molar refractivity (Wildman–Crippen MR) is 55.5 cm³/mol. The monoisotopic (exact) mass is 201 g/mol. The fourth-order valence-electron chi connectivity index (χ4n) is 1.84. The van der Waals surface area contributed by atoms with E-state index in [9.17, 15) is 5.02 Å². The zero-order chi connectivity index (χ0) is 10.4. The van der Waals surface area contributed by atoms with Crippen LogP contribution in [0.5, 0.6) is 0 Å². The Balaban J connectivity index is 2.20. The molecule has 0 aromatic heterocycles. The van der Waals surface area contributed by atoms with Crippen LogP contribution in [0.3, 0.4) is 0 Å². The first kappa shape index (κ1) is 12.0. The minimum atomic E-state index is -1.11. The molecule has 3 N–H and O–H groups in total. The summed E-state index contributed by atoms with van der Waals surface area (Å²) in [6.45, 7) is 2.89. The van der Waals surface area contributed by atoms with Crippen LogP contribution >= 0.6 is 0 Å². The summed E-state index contributed by atoms with van der Waals surface area (Å²) in [5.74, 6) is 0.514. The van der Waals surface area contributed by atoms with Crippen molar-refractivity contribution in [2.75, 3.05) is 13.2 Å². The van der Waals surface area contributed by atoms with Crippen molar-refractivity contribution in [3.8, 4) is 0 Å². The standard InChI is InChI=1S/C9H20BNO3/c1-8-4-2-3-5-9(8)14-10(12)13-7-6-11/h8-9,12H,2-7,11H2,1H3. The van der Waals surface area contributed by atoms with E-state index in [-0.39, 0.29) is 6.10 Å². The quantitative estimate of drug-likeness (QED) is 0.637. The second-order valence-electron chi connectivity index (χ2n) is 3.90. The Labute approximate surface area is 85.9 Å². The van der Waals surface area contributed by atoms with Gasteiger partial charge in [0, 0.05) is 19.3 Å². The van der Waals surface area contributed by atoms with Gasteiger partial charge in [-0.3, -0.25) is 0 Å². The van der Waals surface area contributed by atoms with Crippen LogP contribution in [-0.4, -0.2) is 31.6 Å². The summed E-state index contributed by atoms with van der Waals surface area (Å²) in [7, 11) is -1.11. The van der Waals surface area contributed by atoms with Gasteiger partial charge in [0.25, 0.3) is 0 Å². The van der Waals surface area contributed by atoms with Crippen LogP contribution in [0.4, 0.5) is 0 Å². The first-order valence-electron chi connectivity index (χ1n) is 5.39. The van der Waals surface area contributed by atoms with Gasteiger partial charge < -0.3 is 20.1 Å². The van der Waals surface area contributed by atoms with Crippen molar-refractivity contribution < 1.29 is 14.3 Å². The van der Waals surface area contributed by atoms with Crippen molar-refractivity contribution >= 4 is 7.32 Å². The van der Waals surface area contributed by atoms with Crippen molar-refractivity contribution in [2.45, 2.75) is 38.7 Å². The summed E-state index contributed by atoms with van der Waals surface area (Å²) in [5.41, 5.74) is 5.25. The molecule has 0 aromatic carbocycles. The highest BCUT2D eigenvalue weighted by Gasteiger charge is 2.27. The molecule has 2 unspecified atom stereocenters. The Bertz CT molecular complexity index is 159. The molecule has 2 atom stereocenters. The number of rotatable bonds is 5. The maximum Gasteiger partial charge on any atom is 0.636 e. The van der Waals surface area contributed by atoms with Crippen LogP contribution in [0, 0.1) is 5.92 Å². The smallest absolute Gasteiger partial charge is 0.402 e. The molecule has 1 aliphatic rings. The Morgan fingerprint density at radius 2 is 2.14 bits per heavy atom. The molecule has 0 aromatic rings. The highest BCUT2D eigenvalue weighted by Crippen LogP contribution is 2.26. The largest absolute Gasteiger partial charge is 0.636 e. The molecule has 5 heteroatoms. The lowest BCUT2D eigenvalue weighted by atomic mass is 9.87. The molecule has 4 nitrogen and oxygen atoms in total. The van der Waals surface area contributed by atoms with E-state index in [1.54, 1.807) is 0 Å². The lowest BCUT2D eigenvalue weighted by Crippen LogP contribution is -2.35. The molecule has 0 saturated heterocycles. The van der Waals surface area contributed by atoms with Crippen molar-refractivity contribution in [3.63, 3.8) is 0 Å². The summed E-state index contributed by atoms with van der Waals surface area (Å²) < 4.78 is 10.3. The molecule has 0 bridgehead atoms. The summed E-state index contributed by atoms with van der Waals surface area (Å²) >= 11 is 0. The Morgan fingerprint density at radius 3 is 2.79 bits per heavy atom. The van der Waals surface area contributed by atoms with Gasteiger partial charge in [-0.1, -0.05) is 19.8 Å². The van der Waals surface area contributed by atoms with Crippen molar-refractivity contribution in [2.24, 2.45) is 11.7 Å². The zero-order valence-corrected chi connectivity index (χ0v) is 8.82. The van der Waals surface area contributed by atoms with Crippen LogP contribution in [0.1, 0.15) is 32.6 Å². The van der Waals surface area contributed by atoms with E-state index in [0.717, 1.165) is 6.42 Å². The third kappa shape index (κ3) is 3.96. The molecule has 1 aliphatic carbocycles. The highest BCUT2D eigenvalue weighted by atomic mass is 16.7. The van der Waals surface area contributed by atoms with Crippen molar-refractivity contribution in [3.05, 3.63) is 0 Å². The van der Waals surface area contributed by atoms with Gasteiger partial charge in [0.2, 0.25) is 0 Å². The van der Waals surface area contributed by atoms with Gasteiger partial charge >= 0.3 is 7.32 Å². The number of nitrogens with two attached hydrogens (primary N) is 1. The van der Waals surface area contributed by atoms with Crippen molar-refractivity contribution in [1.29, 1.82) is 0 Å². The van der Waals surface area contributed by atoms with E-state index >= 15 is 0 Å². The molecular formula is C9H20BNO3. The lowest BCUT2D eigenvalue weighted by Gasteiger charge is -2.29. The Morgan fingerprint density at radius 1 is 1.43 bits per heavy atom. The van der Waals surface area contributed by atoms with Crippen LogP contribution < -0.4 is 5.73 Å². The Kier molecular flexibility index (Phi) is 5.48. The molecule has 0 radical (unpaired) electrons. The zero-order valence-electron chi connectivity index (χ0n) is 8.82. The normalized spacial score (nSPS) is 27.6. The molecule has 1 rings (SSSR count). The molecule has 82 valence electrons. The molecule has 14 heavy (non-hydrogen) atoms. The molecule has 0 aliphatic heterocycles. The molecular weight excluding hydrogens is 181 g/mol. The van der Waals surface area contributed by atoms with E-state index in [2.05, 4.69) is 6.92 Å². The van der Waals surface area contributed by atoms with Crippen molar-refractivity contribution in [1.82, 2.24) is 0 Å². The predicted octanol–water partition coefficient (Wildman–Crippen LogP) is 0.534. The van der Waals surface area contributed by atoms with Gasteiger partial charge in [-0.15, -0.1) is 0 Å². The first-order chi connectivity index (χ1) is 6.74. The fourth-order valence-corrected chi connectivity index (χ4v) is 1.84. The maximum atomic E-state index is 9.35. The Hall–Kier alpha value is -0.0951. The molecule has 1 saturated carbocycles. The van der Waals surface area contributed by atoms with E-state index in [0.29, 0.717) is 19.1 Å². The number of hydrogen-bond donors (Lipinski definition) is 2. The number of hydrogen-bond acceptors (Lipinski definition) is 4. The van der Waals surface area contributed by atoms with Gasteiger partial charge in [0.05, 0.1) is 0 Å². The molecule has 0 heterocycles. The molecule has 0 spiro atoms. The minimum Gasteiger partial charge on any atom is -0.402 e. The topological polar surface area (TPSA) is 64.7 Å². The van der Waals surface area contributed by atoms with Gasteiger partial charge in [0.1, 0.15) is 0 Å². The van der Waals surface area contributed by atoms with Gasteiger partial charge in [-0.2, -0.15) is 0 Å². The molecule has 0 amide bonds. The maximum absolute atomic E-state index is 9.35. The first-order valence-corrected chi connectivity index (χ1v) is 5.39. The highest BCUT2D eigenvalue weighted by molar-refractivity contribution is 6.34. The van der Waals surface area contributed by atoms with E-state index in [4.69, 9.17) is 15.0 Å².